The fourth-order valence-electron chi connectivity index (χ4n) is 4.04. The first-order valence-electron chi connectivity index (χ1n) is 10.1. The van der Waals surface area contributed by atoms with Gasteiger partial charge < -0.3 is 4.39 Å². The highest BCUT2D eigenvalue weighted by atomic mass is 15.3. The van der Waals surface area contributed by atoms with Crippen molar-refractivity contribution in [3.63, 3.8) is 0 Å². The number of allylic oxidation sites excluding steroid dienone is 3. The van der Waals surface area contributed by atoms with E-state index in [0.717, 1.165) is 24.3 Å². The SMILES string of the molecule is [B]C(=CCC)[N+]([B])(C)C(=NC)C(C)=CC(C=C)C(C)CC(C)(C)[B]C(C)C. The summed E-state index contributed by atoms with van der Waals surface area (Å²) in [4.78, 5) is 4.46. The van der Waals surface area contributed by atoms with Crippen molar-refractivity contribution in [3.8, 4) is 0 Å². The maximum Gasteiger partial charge on any atom is 0.493 e. The molecule has 0 aliphatic heterocycles. The molecular formula is C22H39B3N2+. The summed E-state index contributed by atoms with van der Waals surface area (Å²) in [5.74, 6) is 2.05. The topological polar surface area (TPSA) is 12.4 Å². The third-order valence-corrected chi connectivity index (χ3v) is 4.96. The maximum atomic E-state index is 6.49. The Morgan fingerprint density at radius 3 is 2.26 bits per heavy atom. The lowest BCUT2D eigenvalue weighted by Crippen LogP contribution is -2.47. The third kappa shape index (κ3) is 8.29. The van der Waals surface area contributed by atoms with Crippen LogP contribution in [0.2, 0.25) is 11.1 Å². The van der Waals surface area contributed by atoms with E-state index >= 15 is 0 Å². The van der Waals surface area contributed by atoms with Crippen LogP contribution in [-0.2, 0) is 0 Å². The first-order chi connectivity index (χ1) is 12.3. The Morgan fingerprint density at radius 1 is 1.30 bits per heavy atom. The zero-order valence-corrected chi connectivity index (χ0v) is 19.2. The molecule has 0 spiro atoms. The van der Waals surface area contributed by atoms with Gasteiger partial charge in [-0.15, -0.1) is 6.58 Å². The van der Waals surface area contributed by atoms with Crippen LogP contribution in [0.25, 0.3) is 0 Å². The first-order valence-corrected chi connectivity index (χ1v) is 10.1. The molecule has 3 unspecified atom stereocenters. The van der Waals surface area contributed by atoms with Gasteiger partial charge in [0.2, 0.25) is 5.84 Å². The minimum absolute atomic E-state index is 0.0302. The Balaban J connectivity index is 5.58. The van der Waals surface area contributed by atoms with Gasteiger partial charge in [0.15, 0.2) is 7.85 Å². The minimum Gasteiger partial charge on any atom is -0.330 e. The highest BCUT2D eigenvalue weighted by Crippen LogP contribution is 2.38. The van der Waals surface area contributed by atoms with Crippen LogP contribution >= 0.6 is 0 Å². The Kier molecular flexibility index (Phi) is 10.8. The van der Waals surface area contributed by atoms with E-state index in [1.165, 1.54) is 0 Å². The van der Waals surface area contributed by atoms with Crippen LogP contribution in [0.5, 0.6) is 0 Å². The molecule has 0 saturated heterocycles. The number of aliphatic imine (C=N–C) groups is 1. The molecule has 0 N–H and O–H groups in total. The van der Waals surface area contributed by atoms with Gasteiger partial charge in [0.1, 0.15) is 7.28 Å². The molecule has 5 heteroatoms. The molecular weight excluding hydrogens is 325 g/mol. The van der Waals surface area contributed by atoms with Gasteiger partial charge in [-0.1, -0.05) is 71.2 Å². The summed E-state index contributed by atoms with van der Waals surface area (Å²) in [5, 5.41) is 0.186. The van der Waals surface area contributed by atoms with E-state index in [1.807, 2.05) is 26.1 Å². The molecule has 27 heavy (non-hydrogen) atoms. The van der Waals surface area contributed by atoms with Crippen LogP contribution in [-0.4, -0.2) is 47.4 Å². The molecule has 0 aromatic carbocycles. The second-order valence-corrected chi connectivity index (χ2v) is 8.90. The standard InChI is InChI=1S/C22H39B3N2/c1-11-13-20(23)27(10,24)21(26-9)17(5)14-19(12-2)18(6)15-22(7,8)25-16(3)4/h12-14,16,18-19H,2,11,15H2,1,3-10H3/q+1. The van der Waals surface area contributed by atoms with Crippen molar-refractivity contribution in [3.05, 3.63) is 36.0 Å². The zero-order valence-electron chi connectivity index (χ0n) is 19.2. The van der Waals surface area contributed by atoms with Gasteiger partial charge in [0.25, 0.3) is 0 Å². The number of hydrogen-bond donors (Lipinski definition) is 0. The number of nitrogens with zero attached hydrogens (tertiary/aromatic N) is 2. The lowest BCUT2D eigenvalue weighted by molar-refractivity contribution is -0.641. The van der Waals surface area contributed by atoms with E-state index < -0.39 is 0 Å². The molecule has 2 nitrogen and oxygen atoms in total. The molecule has 0 aliphatic rings. The predicted octanol–water partition coefficient (Wildman–Crippen LogP) is 5.47. The van der Waals surface area contributed by atoms with Crippen LogP contribution in [0.15, 0.2) is 41.0 Å². The Labute approximate surface area is 173 Å². The van der Waals surface area contributed by atoms with Crippen molar-refractivity contribution in [1.29, 1.82) is 0 Å². The normalized spacial score (nSPS) is 18.8. The lowest BCUT2D eigenvalue weighted by Gasteiger charge is -2.34. The van der Waals surface area contributed by atoms with Gasteiger partial charge in [-0.3, -0.25) is 0 Å². The quantitative estimate of drug-likeness (QED) is 0.211. The van der Waals surface area contributed by atoms with Gasteiger partial charge in [-0.25, -0.2) is 4.99 Å². The zero-order chi connectivity index (χ0) is 21.4. The van der Waals surface area contributed by atoms with Crippen LogP contribution in [0.4, 0.5) is 0 Å². The highest BCUT2D eigenvalue weighted by Gasteiger charge is 2.29. The smallest absolute Gasteiger partial charge is 0.330 e. The first kappa shape index (κ1) is 26.0. The van der Waals surface area contributed by atoms with Gasteiger partial charge in [0, 0.05) is 18.2 Å². The molecule has 0 saturated carbocycles. The van der Waals surface area contributed by atoms with Crippen molar-refractivity contribution in [1.82, 2.24) is 0 Å². The summed E-state index contributed by atoms with van der Waals surface area (Å²) in [6.07, 6.45) is 8.13. The van der Waals surface area contributed by atoms with Crippen molar-refractivity contribution >= 4 is 28.9 Å². The van der Waals surface area contributed by atoms with Crippen molar-refractivity contribution < 1.29 is 4.39 Å². The number of rotatable bonds is 10. The molecule has 0 bridgehead atoms. The summed E-state index contributed by atoms with van der Waals surface area (Å²) in [6, 6.07) is 0. The summed E-state index contributed by atoms with van der Waals surface area (Å²) in [7, 11) is 18.8. The second-order valence-electron chi connectivity index (χ2n) is 8.90. The maximum absolute atomic E-state index is 6.49. The fourth-order valence-corrected chi connectivity index (χ4v) is 4.04. The Morgan fingerprint density at radius 2 is 1.85 bits per heavy atom. The summed E-state index contributed by atoms with van der Waals surface area (Å²) >= 11 is 0. The van der Waals surface area contributed by atoms with Gasteiger partial charge in [-0.2, -0.15) is 0 Å². The third-order valence-electron chi connectivity index (χ3n) is 4.96. The van der Waals surface area contributed by atoms with E-state index in [0.29, 0.717) is 17.3 Å². The molecule has 145 valence electrons. The van der Waals surface area contributed by atoms with Crippen LogP contribution in [0.3, 0.4) is 0 Å². The Bertz CT molecular complexity index is 572. The Hall–Kier alpha value is -0.955. The fraction of sp³-hybridized carbons (Fsp3) is 0.682. The summed E-state index contributed by atoms with van der Waals surface area (Å²) < 4.78 is -0.0302. The van der Waals surface area contributed by atoms with E-state index in [-0.39, 0.29) is 15.6 Å². The lowest BCUT2D eigenvalue weighted by atomic mass is 9.45. The molecule has 0 heterocycles. The summed E-state index contributed by atoms with van der Waals surface area (Å²) in [5.41, 5.74) is 1.64. The van der Waals surface area contributed by atoms with Gasteiger partial charge >= 0.3 is 7.98 Å². The van der Waals surface area contributed by atoms with E-state index in [1.54, 1.807) is 7.05 Å². The molecule has 0 fully saturated rings. The molecule has 0 aliphatic carbocycles. The minimum atomic E-state index is -0.0302. The average Bonchev–Trinajstić information content (AvgIpc) is 2.51. The van der Waals surface area contributed by atoms with Gasteiger partial charge in [0.05, 0.1) is 7.05 Å². The van der Waals surface area contributed by atoms with E-state index in [2.05, 4.69) is 66.5 Å². The van der Waals surface area contributed by atoms with Crippen LogP contribution in [0.1, 0.15) is 61.3 Å². The van der Waals surface area contributed by atoms with Crippen molar-refractivity contribution in [2.24, 2.45) is 16.8 Å². The summed E-state index contributed by atoms with van der Waals surface area (Å²) in [6.45, 7) is 19.5. The average molecular weight is 364 g/mol. The monoisotopic (exact) mass is 364 g/mol. The van der Waals surface area contributed by atoms with Crippen LogP contribution in [0, 0.1) is 11.8 Å². The van der Waals surface area contributed by atoms with Crippen molar-refractivity contribution in [2.75, 3.05) is 14.1 Å². The molecule has 3 atom stereocenters. The molecule has 0 rings (SSSR count). The second kappa shape index (κ2) is 11.1. The molecule has 5 radical (unpaired) electrons. The highest BCUT2D eigenvalue weighted by molar-refractivity contribution is 6.41. The van der Waals surface area contributed by atoms with Gasteiger partial charge in [-0.05, 0) is 31.3 Å². The van der Waals surface area contributed by atoms with Crippen molar-refractivity contribution in [2.45, 2.75) is 72.4 Å². The molecule has 0 amide bonds. The van der Waals surface area contributed by atoms with E-state index in [9.17, 15) is 0 Å². The molecule has 0 aromatic heterocycles. The number of likely N-dealkylation sites (N-methyl/N-ethyl adjacent to an activating group) is 1. The predicted molar refractivity (Wildman–Crippen MR) is 126 cm³/mol. The largest absolute Gasteiger partial charge is 0.493 e. The van der Waals surface area contributed by atoms with Crippen LogP contribution < -0.4 is 0 Å². The molecule has 0 aromatic rings. The number of quaternary nitrogens is 1. The number of hydrogen-bond acceptors (Lipinski definition) is 1. The van der Waals surface area contributed by atoms with E-state index in [4.69, 9.17) is 15.8 Å². The number of amidine groups is 1.